The third kappa shape index (κ3) is 4.06. The van der Waals surface area contributed by atoms with Crippen molar-refractivity contribution < 1.29 is 18.7 Å². The lowest BCUT2D eigenvalue weighted by atomic mass is 9.95. The van der Waals surface area contributed by atoms with Crippen LogP contribution in [0.1, 0.15) is 41.6 Å². The number of benzene rings is 1. The van der Waals surface area contributed by atoms with Crippen molar-refractivity contribution in [1.29, 1.82) is 0 Å². The van der Waals surface area contributed by atoms with Crippen molar-refractivity contribution in [3.8, 4) is 5.75 Å². The van der Waals surface area contributed by atoms with Crippen molar-refractivity contribution in [2.45, 2.75) is 38.3 Å². The number of hydrogen-bond acceptors (Lipinski definition) is 4. The minimum absolute atomic E-state index is 0.0561. The maximum Gasteiger partial charge on any atom is 0.257 e. The molecule has 1 saturated heterocycles. The molecular weight excluding hydrogens is 356 g/mol. The Morgan fingerprint density at radius 2 is 1.96 bits per heavy atom. The van der Waals surface area contributed by atoms with Crippen molar-refractivity contribution in [3.63, 3.8) is 0 Å². The highest BCUT2D eigenvalue weighted by atomic mass is 16.5. The molecule has 0 radical (unpaired) electrons. The van der Waals surface area contributed by atoms with Gasteiger partial charge in [-0.15, -0.1) is 0 Å². The number of nitrogens with zero attached hydrogens (tertiary/aromatic N) is 2. The number of carbonyl (C=O) groups is 2. The third-order valence-electron chi connectivity index (χ3n) is 5.61. The molecule has 0 N–H and O–H groups in total. The summed E-state index contributed by atoms with van der Waals surface area (Å²) < 4.78 is 10.2. The molecule has 1 saturated carbocycles. The van der Waals surface area contributed by atoms with Crippen LogP contribution in [0.5, 0.6) is 5.75 Å². The van der Waals surface area contributed by atoms with E-state index >= 15 is 0 Å². The van der Waals surface area contributed by atoms with E-state index in [1.807, 2.05) is 29.2 Å². The summed E-state index contributed by atoms with van der Waals surface area (Å²) in [7, 11) is 1.65. The van der Waals surface area contributed by atoms with Crippen molar-refractivity contribution in [2.24, 2.45) is 5.92 Å². The van der Waals surface area contributed by atoms with E-state index in [1.54, 1.807) is 18.1 Å². The van der Waals surface area contributed by atoms with E-state index in [0.717, 1.165) is 37.0 Å². The zero-order valence-corrected chi connectivity index (χ0v) is 16.2. The van der Waals surface area contributed by atoms with Crippen molar-refractivity contribution in [2.75, 3.05) is 20.2 Å². The fourth-order valence-electron chi connectivity index (χ4n) is 3.87. The Morgan fingerprint density at radius 3 is 2.61 bits per heavy atom. The Labute approximate surface area is 165 Å². The molecule has 2 heterocycles. The summed E-state index contributed by atoms with van der Waals surface area (Å²) in [5.41, 5.74) is 1.65. The summed E-state index contributed by atoms with van der Waals surface area (Å²) in [5, 5.41) is 0. The van der Waals surface area contributed by atoms with E-state index < -0.39 is 0 Å². The monoisotopic (exact) mass is 382 g/mol. The summed E-state index contributed by atoms with van der Waals surface area (Å²) in [6.45, 7) is 1.78. The van der Waals surface area contributed by atoms with Crippen LogP contribution >= 0.6 is 0 Å². The SMILES string of the molecule is COc1ccc(CN(C(=O)C2CCCN(C(=O)c3ccoc3)C2)C2CC2)cc1. The zero-order chi connectivity index (χ0) is 19.5. The molecule has 0 bridgehead atoms. The smallest absolute Gasteiger partial charge is 0.257 e. The van der Waals surface area contributed by atoms with Gasteiger partial charge in [0, 0.05) is 25.7 Å². The van der Waals surface area contributed by atoms with Crippen LogP contribution in [0, 0.1) is 5.92 Å². The van der Waals surface area contributed by atoms with Gasteiger partial charge in [0.2, 0.25) is 5.91 Å². The van der Waals surface area contributed by atoms with E-state index in [0.29, 0.717) is 31.2 Å². The van der Waals surface area contributed by atoms with Crippen LogP contribution in [0.3, 0.4) is 0 Å². The summed E-state index contributed by atoms with van der Waals surface area (Å²) in [6.07, 6.45) is 6.77. The van der Waals surface area contributed by atoms with Gasteiger partial charge in [0.15, 0.2) is 0 Å². The normalized spacial score (nSPS) is 19.3. The Balaban J connectivity index is 1.43. The fourth-order valence-corrected chi connectivity index (χ4v) is 3.87. The summed E-state index contributed by atoms with van der Waals surface area (Å²) in [5.74, 6) is 0.791. The van der Waals surface area contributed by atoms with Crippen LogP contribution in [0.15, 0.2) is 47.3 Å². The van der Waals surface area contributed by atoms with Crippen LogP contribution in [-0.4, -0.2) is 47.9 Å². The molecule has 1 atom stereocenters. The van der Waals surface area contributed by atoms with E-state index in [-0.39, 0.29) is 17.7 Å². The van der Waals surface area contributed by atoms with Gasteiger partial charge < -0.3 is 19.0 Å². The highest BCUT2D eigenvalue weighted by Gasteiger charge is 2.38. The minimum Gasteiger partial charge on any atom is -0.497 e. The first-order chi connectivity index (χ1) is 13.7. The van der Waals surface area contributed by atoms with E-state index in [9.17, 15) is 9.59 Å². The van der Waals surface area contributed by atoms with Crippen molar-refractivity contribution >= 4 is 11.8 Å². The molecule has 2 amide bonds. The lowest BCUT2D eigenvalue weighted by Gasteiger charge is -2.35. The molecule has 1 aliphatic heterocycles. The van der Waals surface area contributed by atoms with E-state index in [4.69, 9.17) is 9.15 Å². The van der Waals surface area contributed by atoms with E-state index in [2.05, 4.69) is 0 Å². The van der Waals surface area contributed by atoms with Gasteiger partial charge in [0.1, 0.15) is 12.0 Å². The molecule has 1 aromatic carbocycles. The molecule has 2 aromatic rings. The predicted octanol–water partition coefficient (Wildman–Crippen LogP) is 3.33. The third-order valence-corrected chi connectivity index (χ3v) is 5.61. The molecule has 148 valence electrons. The maximum atomic E-state index is 13.3. The number of furan rings is 1. The number of methoxy groups -OCH3 is 1. The molecule has 2 aliphatic rings. The highest BCUT2D eigenvalue weighted by molar-refractivity contribution is 5.94. The standard InChI is InChI=1S/C22H26N2O4/c1-27-20-8-4-16(5-9-20)13-24(19-6-7-19)22(26)17-3-2-11-23(14-17)21(25)18-10-12-28-15-18/h4-5,8-10,12,15,17,19H,2-3,6-7,11,13-14H2,1H3. The molecule has 0 spiro atoms. The van der Waals surface area contributed by atoms with Gasteiger partial charge in [-0.1, -0.05) is 12.1 Å². The number of hydrogen-bond donors (Lipinski definition) is 0. The van der Waals surface area contributed by atoms with E-state index in [1.165, 1.54) is 12.5 Å². The number of amides is 2. The van der Waals surface area contributed by atoms with Crippen LogP contribution in [0.4, 0.5) is 0 Å². The van der Waals surface area contributed by atoms with Gasteiger partial charge in [0.25, 0.3) is 5.91 Å². The topological polar surface area (TPSA) is 63.0 Å². The Bertz CT molecular complexity index is 812. The molecular formula is C22H26N2O4. The van der Waals surface area contributed by atoms with Crippen LogP contribution < -0.4 is 4.74 Å². The summed E-state index contributed by atoms with van der Waals surface area (Å²) in [4.78, 5) is 29.7. The molecule has 1 unspecified atom stereocenters. The summed E-state index contributed by atoms with van der Waals surface area (Å²) in [6, 6.07) is 9.88. The number of likely N-dealkylation sites (tertiary alicyclic amines) is 1. The van der Waals surface area contributed by atoms with Gasteiger partial charge in [-0.2, -0.15) is 0 Å². The van der Waals surface area contributed by atoms with Crippen LogP contribution in [0.25, 0.3) is 0 Å². The molecule has 2 fully saturated rings. The number of ether oxygens (including phenoxy) is 1. The Kier molecular flexibility index (Phi) is 5.37. The van der Waals surface area contributed by atoms with Crippen molar-refractivity contribution in [3.05, 3.63) is 54.0 Å². The first-order valence-corrected chi connectivity index (χ1v) is 9.90. The Morgan fingerprint density at radius 1 is 1.18 bits per heavy atom. The molecule has 6 heteroatoms. The predicted molar refractivity (Wildman–Crippen MR) is 104 cm³/mol. The molecule has 4 rings (SSSR count). The fraction of sp³-hybridized carbons (Fsp3) is 0.455. The lowest BCUT2D eigenvalue weighted by molar-refractivity contribution is -0.138. The summed E-state index contributed by atoms with van der Waals surface area (Å²) >= 11 is 0. The Hall–Kier alpha value is -2.76. The second kappa shape index (κ2) is 8.09. The van der Waals surface area contributed by atoms with Gasteiger partial charge in [0.05, 0.1) is 24.9 Å². The minimum atomic E-state index is -0.136. The second-order valence-corrected chi connectivity index (χ2v) is 7.65. The quantitative estimate of drug-likeness (QED) is 0.769. The first-order valence-electron chi connectivity index (χ1n) is 9.90. The molecule has 28 heavy (non-hydrogen) atoms. The second-order valence-electron chi connectivity index (χ2n) is 7.65. The highest BCUT2D eigenvalue weighted by Crippen LogP contribution is 2.32. The average molecular weight is 382 g/mol. The van der Waals surface area contributed by atoms with Gasteiger partial charge in [-0.3, -0.25) is 9.59 Å². The maximum absolute atomic E-state index is 13.3. The largest absolute Gasteiger partial charge is 0.497 e. The molecule has 6 nitrogen and oxygen atoms in total. The molecule has 1 aromatic heterocycles. The van der Waals surface area contributed by atoms with Crippen molar-refractivity contribution in [1.82, 2.24) is 9.80 Å². The first kappa shape index (κ1) is 18.6. The number of rotatable bonds is 6. The number of piperidine rings is 1. The van der Waals surface area contributed by atoms with Crippen LogP contribution in [-0.2, 0) is 11.3 Å². The van der Waals surface area contributed by atoms with Gasteiger partial charge in [-0.05, 0) is 49.4 Å². The molecule has 1 aliphatic carbocycles. The average Bonchev–Trinajstić information content (AvgIpc) is 3.44. The number of carbonyl (C=O) groups excluding carboxylic acids is 2. The van der Waals surface area contributed by atoms with Gasteiger partial charge in [-0.25, -0.2) is 0 Å². The van der Waals surface area contributed by atoms with Crippen LogP contribution in [0.2, 0.25) is 0 Å². The van der Waals surface area contributed by atoms with Gasteiger partial charge >= 0.3 is 0 Å². The zero-order valence-electron chi connectivity index (χ0n) is 16.2. The lowest BCUT2D eigenvalue weighted by Crippen LogP contribution is -2.47.